The van der Waals surface area contributed by atoms with Gasteiger partial charge in [0, 0.05) is 6.54 Å². The van der Waals surface area contributed by atoms with Gasteiger partial charge in [-0.2, -0.15) is 13.2 Å². The summed E-state index contributed by atoms with van der Waals surface area (Å²) < 4.78 is 52.7. The fourth-order valence-corrected chi connectivity index (χ4v) is 4.29. The molecule has 1 heterocycles. The van der Waals surface area contributed by atoms with Crippen molar-refractivity contribution in [1.29, 1.82) is 0 Å². The van der Waals surface area contributed by atoms with Crippen LogP contribution in [0, 0.1) is 12.7 Å². The monoisotopic (exact) mass is 450 g/mol. The third-order valence-corrected chi connectivity index (χ3v) is 5.94. The number of benzene rings is 2. The molecule has 0 aromatic heterocycles. The van der Waals surface area contributed by atoms with Crippen molar-refractivity contribution in [1.82, 2.24) is 10.2 Å². The van der Waals surface area contributed by atoms with E-state index in [-0.39, 0.29) is 18.3 Å². The van der Waals surface area contributed by atoms with Crippen molar-refractivity contribution in [3.8, 4) is 0 Å². The summed E-state index contributed by atoms with van der Waals surface area (Å²) in [6, 6.07) is 9.67. The molecule has 1 fully saturated rings. The molecule has 1 aliphatic rings. The quantitative estimate of drug-likeness (QED) is 0.514. The fraction of sp³-hybridized carbons (Fsp3) is 0.480. The molecule has 1 aliphatic heterocycles. The molecule has 0 aliphatic carbocycles. The molecule has 2 aromatic rings. The summed E-state index contributed by atoms with van der Waals surface area (Å²) in [7, 11) is 0. The normalized spacial score (nSPS) is 16.0. The summed E-state index contributed by atoms with van der Waals surface area (Å²) in [5, 5.41) is 2.79. The number of rotatable bonds is 8. The van der Waals surface area contributed by atoms with Gasteiger partial charge in [-0.3, -0.25) is 4.79 Å². The van der Waals surface area contributed by atoms with Gasteiger partial charge in [0.1, 0.15) is 5.82 Å². The lowest BCUT2D eigenvalue weighted by molar-refractivity contribution is -0.137. The first kappa shape index (κ1) is 24.2. The highest BCUT2D eigenvalue weighted by Crippen LogP contribution is 2.31. The van der Waals surface area contributed by atoms with E-state index < -0.39 is 17.7 Å². The molecule has 174 valence electrons. The molecular formula is C25H30F4N2O. The zero-order valence-corrected chi connectivity index (χ0v) is 18.4. The minimum atomic E-state index is -4.43. The number of carbonyl (C=O) groups is 1. The van der Waals surface area contributed by atoms with Crippen LogP contribution in [0.25, 0.3) is 0 Å². The van der Waals surface area contributed by atoms with Gasteiger partial charge in [-0.25, -0.2) is 4.39 Å². The Kier molecular flexibility index (Phi) is 8.29. The van der Waals surface area contributed by atoms with Crippen molar-refractivity contribution in [2.75, 3.05) is 19.6 Å². The SMILES string of the molecule is Cc1cc(CNC(=O)[C@@H](CCCN2CCCCC2)c2ccc(F)cc2)cc(C(F)(F)F)c1. The van der Waals surface area contributed by atoms with Crippen LogP contribution in [0.4, 0.5) is 17.6 Å². The van der Waals surface area contributed by atoms with Gasteiger partial charge in [0.15, 0.2) is 0 Å². The summed E-state index contributed by atoms with van der Waals surface area (Å²) in [5.74, 6) is -1.11. The highest BCUT2D eigenvalue weighted by Gasteiger charge is 2.31. The van der Waals surface area contributed by atoms with Gasteiger partial charge in [0.25, 0.3) is 0 Å². The Morgan fingerprint density at radius 3 is 2.41 bits per heavy atom. The van der Waals surface area contributed by atoms with Crippen molar-refractivity contribution in [2.45, 2.75) is 57.7 Å². The van der Waals surface area contributed by atoms with Crippen LogP contribution in [0.3, 0.4) is 0 Å². The zero-order chi connectivity index (χ0) is 23.1. The lowest BCUT2D eigenvalue weighted by atomic mass is 9.92. The van der Waals surface area contributed by atoms with Crippen molar-refractivity contribution < 1.29 is 22.4 Å². The number of aryl methyl sites for hydroxylation is 1. The summed E-state index contributed by atoms with van der Waals surface area (Å²) in [6.07, 6.45) is 0.617. The predicted molar refractivity (Wildman–Crippen MR) is 117 cm³/mol. The topological polar surface area (TPSA) is 32.3 Å². The maximum Gasteiger partial charge on any atom is 0.416 e. The number of halogens is 4. The number of nitrogens with one attached hydrogen (secondary N) is 1. The molecule has 3 nitrogen and oxygen atoms in total. The maximum atomic E-state index is 13.4. The average molecular weight is 451 g/mol. The first-order chi connectivity index (χ1) is 15.2. The highest BCUT2D eigenvalue weighted by molar-refractivity contribution is 5.83. The molecule has 0 saturated carbocycles. The van der Waals surface area contributed by atoms with E-state index in [0.717, 1.165) is 38.2 Å². The minimum Gasteiger partial charge on any atom is -0.351 e. The van der Waals surface area contributed by atoms with Gasteiger partial charge in [0.05, 0.1) is 11.5 Å². The third-order valence-electron chi connectivity index (χ3n) is 5.94. The second-order valence-electron chi connectivity index (χ2n) is 8.57. The third kappa shape index (κ3) is 7.05. The molecule has 0 unspecified atom stereocenters. The van der Waals surface area contributed by atoms with Crippen LogP contribution in [-0.4, -0.2) is 30.4 Å². The molecule has 0 spiro atoms. The summed E-state index contributed by atoms with van der Waals surface area (Å²) in [4.78, 5) is 15.4. The van der Waals surface area contributed by atoms with Gasteiger partial charge >= 0.3 is 6.18 Å². The Hall–Kier alpha value is -2.41. The molecule has 32 heavy (non-hydrogen) atoms. The second kappa shape index (κ2) is 10.9. The first-order valence-electron chi connectivity index (χ1n) is 11.2. The van der Waals surface area contributed by atoms with Gasteiger partial charge in [-0.15, -0.1) is 0 Å². The Morgan fingerprint density at radius 2 is 1.75 bits per heavy atom. The number of carbonyl (C=O) groups excluding carboxylic acids is 1. The molecular weight excluding hydrogens is 420 g/mol. The average Bonchev–Trinajstić information content (AvgIpc) is 2.76. The van der Waals surface area contributed by atoms with E-state index in [0.29, 0.717) is 23.1 Å². The van der Waals surface area contributed by atoms with Crippen molar-refractivity contribution in [3.63, 3.8) is 0 Å². The molecule has 3 rings (SSSR count). The highest BCUT2D eigenvalue weighted by atomic mass is 19.4. The van der Waals surface area contributed by atoms with Crippen LogP contribution in [-0.2, 0) is 17.5 Å². The summed E-state index contributed by atoms with van der Waals surface area (Å²) >= 11 is 0. The zero-order valence-electron chi connectivity index (χ0n) is 18.4. The van der Waals surface area contributed by atoms with E-state index in [1.165, 1.54) is 31.4 Å². The van der Waals surface area contributed by atoms with Crippen LogP contribution < -0.4 is 5.32 Å². The van der Waals surface area contributed by atoms with Gasteiger partial charge in [-0.05, 0) is 87.6 Å². The van der Waals surface area contributed by atoms with E-state index in [1.54, 1.807) is 25.1 Å². The van der Waals surface area contributed by atoms with Crippen LogP contribution in [0.1, 0.15) is 60.3 Å². The largest absolute Gasteiger partial charge is 0.416 e. The van der Waals surface area contributed by atoms with Crippen molar-refractivity contribution in [2.24, 2.45) is 0 Å². The Morgan fingerprint density at radius 1 is 1.06 bits per heavy atom. The number of nitrogens with zero attached hydrogens (tertiary/aromatic N) is 1. The number of likely N-dealkylation sites (tertiary alicyclic amines) is 1. The molecule has 1 saturated heterocycles. The fourth-order valence-electron chi connectivity index (χ4n) is 4.29. The molecule has 0 radical (unpaired) electrons. The standard InChI is InChI=1S/C25H30F4N2O/c1-18-14-19(16-21(15-18)25(27,28)29)17-30-24(32)23(20-7-9-22(26)10-8-20)6-5-13-31-11-3-2-4-12-31/h7-10,14-16,23H,2-6,11-13,17H2,1H3,(H,30,32)/t23-/m0/s1. The molecule has 1 N–H and O–H groups in total. The predicted octanol–water partition coefficient (Wildman–Crippen LogP) is 5.82. The summed E-state index contributed by atoms with van der Waals surface area (Å²) in [6.45, 7) is 4.65. The van der Waals surface area contributed by atoms with Crippen molar-refractivity contribution in [3.05, 3.63) is 70.5 Å². The number of alkyl halides is 3. The van der Waals surface area contributed by atoms with Crippen molar-refractivity contribution >= 4 is 5.91 Å². The van der Waals surface area contributed by atoms with E-state index in [1.807, 2.05) is 0 Å². The Balaban J connectivity index is 1.66. The van der Waals surface area contributed by atoms with E-state index in [2.05, 4.69) is 10.2 Å². The van der Waals surface area contributed by atoms with Crippen LogP contribution >= 0.6 is 0 Å². The lowest BCUT2D eigenvalue weighted by Gasteiger charge is -2.27. The molecule has 1 amide bonds. The van der Waals surface area contributed by atoms with Crippen LogP contribution in [0.15, 0.2) is 42.5 Å². The first-order valence-corrected chi connectivity index (χ1v) is 11.2. The summed E-state index contributed by atoms with van der Waals surface area (Å²) in [5.41, 5.74) is 0.874. The minimum absolute atomic E-state index is 0.00735. The Labute approximate surface area is 186 Å². The van der Waals surface area contributed by atoms with Gasteiger partial charge in [0.2, 0.25) is 5.91 Å². The molecule has 0 bridgehead atoms. The lowest BCUT2D eigenvalue weighted by Crippen LogP contribution is -2.32. The van der Waals surface area contributed by atoms with E-state index in [4.69, 9.17) is 0 Å². The second-order valence-corrected chi connectivity index (χ2v) is 8.57. The van der Waals surface area contributed by atoms with E-state index in [9.17, 15) is 22.4 Å². The number of piperidine rings is 1. The number of hydrogen-bond donors (Lipinski definition) is 1. The Bertz CT molecular complexity index is 890. The molecule has 2 aromatic carbocycles. The molecule has 7 heteroatoms. The van der Waals surface area contributed by atoms with Crippen LogP contribution in [0.5, 0.6) is 0 Å². The number of amides is 1. The van der Waals surface area contributed by atoms with E-state index >= 15 is 0 Å². The number of hydrogen-bond acceptors (Lipinski definition) is 2. The smallest absolute Gasteiger partial charge is 0.351 e. The molecule has 1 atom stereocenters. The van der Waals surface area contributed by atoms with Crippen LogP contribution in [0.2, 0.25) is 0 Å². The van der Waals surface area contributed by atoms with Gasteiger partial charge < -0.3 is 10.2 Å². The van der Waals surface area contributed by atoms with Gasteiger partial charge in [-0.1, -0.05) is 30.2 Å². The maximum absolute atomic E-state index is 13.4.